The van der Waals surface area contributed by atoms with Gasteiger partial charge in [0.1, 0.15) is 11.5 Å². The normalized spacial score (nSPS) is 10.3. The van der Waals surface area contributed by atoms with E-state index < -0.39 is 5.91 Å². The predicted octanol–water partition coefficient (Wildman–Crippen LogP) is 3.02. The monoisotopic (exact) mass is 385 g/mol. The fraction of sp³-hybridized carbons (Fsp3) is 0.211. The highest BCUT2D eigenvalue weighted by atomic mass is 16.5. The maximum Gasteiger partial charge on any atom is 0.322 e. The van der Waals surface area contributed by atoms with E-state index in [1.807, 2.05) is 0 Å². The lowest BCUT2D eigenvalue weighted by atomic mass is 10.1. The number of amides is 1. The zero-order chi connectivity index (χ0) is 20.1. The van der Waals surface area contributed by atoms with E-state index >= 15 is 0 Å². The second-order valence-electron chi connectivity index (χ2n) is 5.47. The third-order valence-electron chi connectivity index (χ3n) is 3.93. The number of nitrogens with zero attached hydrogens (tertiary/aromatic N) is 2. The Hall–Kier alpha value is -3.75. The van der Waals surface area contributed by atoms with Crippen molar-refractivity contribution in [2.75, 3.05) is 33.8 Å². The van der Waals surface area contributed by atoms with Gasteiger partial charge in [0.2, 0.25) is 0 Å². The second-order valence-corrected chi connectivity index (χ2v) is 5.47. The third kappa shape index (κ3) is 3.68. The number of benzene rings is 2. The third-order valence-corrected chi connectivity index (χ3v) is 3.93. The van der Waals surface area contributed by atoms with Gasteiger partial charge in [-0.3, -0.25) is 10.1 Å². The summed E-state index contributed by atoms with van der Waals surface area (Å²) in [4.78, 5) is 12.6. The number of hydrogen-bond donors (Lipinski definition) is 1. The lowest BCUT2D eigenvalue weighted by Crippen LogP contribution is -2.13. The SMILES string of the molecule is COc1ccc(-c2nnc(NC(=O)c3cccc(OC)c3OC)o2)c(OC)c1. The van der Waals surface area contributed by atoms with Gasteiger partial charge in [0, 0.05) is 6.07 Å². The van der Waals surface area contributed by atoms with Gasteiger partial charge >= 0.3 is 6.01 Å². The fourth-order valence-electron chi connectivity index (χ4n) is 2.59. The molecule has 28 heavy (non-hydrogen) atoms. The van der Waals surface area contributed by atoms with Crippen molar-refractivity contribution in [1.29, 1.82) is 0 Å². The van der Waals surface area contributed by atoms with Gasteiger partial charge in [-0.1, -0.05) is 11.2 Å². The highest BCUT2D eigenvalue weighted by Crippen LogP contribution is 2.34. The molecule has 0 atom stereocenters. The molecule has 0 radical (unpaired) electrons. The molecule has 1 heterocycles. The van der Waals surface area contributed by atoms with Crippen molar-refractivity contribution in [3.63, 3.8) is 0 Å². The predicted molar refractivity (Wildman–Crippen MR) is 100 cm³/mol. The Morgan fingerprint density at radius 1 is 0.929 bits per heavy atom. The number of nitrogens with one attached hydrogen (secondary N) is 1. The van der Waals surface area contributed by atoms with Crippen LogP contribution in [0, 0.1) is 0 Å². The van der Waals surface area contributed by atoms with Crippen LogP contribution >= 0.6 is 0 Å². The Balaban J connectivity index is 1.85. The Labute approximate surface area is 161 Å². The minimum atomic E-state index is -0.479. The summed E-state index contributed by atoms with van der Waals surface area (Å²) in [6.07, 6.45) is 0. The topological polar surface area (TPSA) is 105 Å². The highest BCUT2D eigenvalue weighted by Gasteiger charge is 2.20. The smallest absolute Gasteiger partial charge is 0.322 e. The summed E-state index contributed by atoms with van der Waals surface area (Å²) >= 11 is 0. The molecule has 0 unspecified atom stereocenters. The van der Waals surface area contributed by atoms with Gasteiger partial charge in [-0.15, -0.1) is 5.10 Å². The zero-order valence-electron chi connectivity index (χ0n) is 15.8. The quantitative estimate of drug-likeness (QED) is 0.662. The molecule has 0 saturated heterocycles. The summed E-state index contributed by atoms with van der Waals surface area (Å²) in [6, 6.07) is 10.1. The molecule has 0 aliphatic heterocycles. The van der Waals surface area contributed by atoms with Gasteiger partial charge in [-0.25, -0.2) is 0 Å². The van der Waals surface area contributed by atoms with E-state index in [1.165, 1.54) is 21.3 Å². The molecule has 3 aromatic rings. The van der Waals surface area contributed by atoms with E-state index in [0.717, 1.165) is 0 Å². The van der Waals surface area contributed by atoms with Crippen molar-refractivity contribution < 1.29 is 28.2 Å². The number of carbonyl (C=O) groups excluding carboxylic acids is 1. The van der Waals surface area contributed by atoms with Crippen LogP contribution in [0.25, 0.3) is 11.5 Å². The molecule has 2 aromatic carbocycles. The first-order chi connectivity index (χ1) is 13.6. The molecule has 0 bridgehead atoms. The van der Waals surface area contributed by atoms with Crippen molar-refractivity contribution in [2.45, 2.75) is 0 Å². The van der Waals surface area contributed by atoms with Crippen molar-refractivity contribution in [1.82, 2.24) is 10.2 Å². The summed E-state index contributed by atoms with van der Waals surface area (Å²) in [6.45, 7) is 0. The summed E-state index contributed by atoms with van der Waals surface area (Å²) in [5.74, 6) is 1.57. The summed E-state index contributed by atoms with van der Waals surface area (Å²) in [5, 5.41) is 10.4. The standard InChI is InChI=1S/C19H19N3O6/c1-24-11-8-9-12(15(10-11)26-3)18-21-22-19(28-18)20-17(23)13-6-5-7-14(25-2)16(13)27-4/h5-10H,1-4H3,(H,20,22,23). The maximum absolute atomic E-state index is 12.6. The molecular formula is C19H19N3O6. The maximum atomic E-state index is 12.6. The first-order valence-corrected chi connectivity index (χ1v) is 8.19. The summed E-state index contributed by atoms with van der Waals surface area (Å²) in [7, 11) is 6.02. The van der Waals surface area contributed by atoms with Crippen molar-refractivity contribution in [2.24, 2.45) is 0 Å². The van der Waals surface area contributed by atoms with Gasteiger partial charge in [0.25, 0.3) is 11.8 Å². The minimum absolute atomic E-state index is 0.0669. The second kappa shape index (κ2) is 8.30. The van der Waals surface area contributed by atoms with Crippen molar-refractivity contribution in [3.05, 3.63) is 42.0 Å². The number of anilines is 1. The van der Waals surface area contributed by atoms with Crippen LogP contribution in [-0.4, -0.2) is 44.5 Å². The number of aromatic nitrogens is 2. The fourth-order valence-corrected chi connectivity index (χ4v) is 2.59. The summed E-state index contributed by atoms with van der Waals surface area (Å²) < 4.78 is 26.5. The van der Waals surface area contributed by atoms with E-state index in [2.05, 4.69) is 15.5 Å². The van der Waals surface area contributed by atoms with E-state index in [1.54, 1.807) is 43.5 Å². The van der Waals surface area contributed by atoms with Crippen LogP contribution in [0.4, 0.5) is 6.01 Å². The number of ether oxygens (including phenoxy) is 4. The van der Waals surface area contributed by atoms with Crippen molar-refractivity contribution >= 4 is 11.9 Å². The van der Waals surface area contributed by atoms with Crippen LogP contribution in [0.15, 0.2) is 40.8 Å². The number of rotatable bonds is 7. The van der Waals surface area contributed by atoms with Gasteiger partial charge in [0.15, 0.2) is 11.5 Å². The van der Waals surface area contributed by atoms with Gasteiger partial charge in [-0.05, 0) is 24.3 Å². The summed E-state index contributed by atoms with van der Waals surface area (Å²) in [5.41, 5.74) is 0.832. The van der Waals surface area contributed by atoms with E-state index in [4.69, 9.17) is 23.4 Å². The number of carbonyl (C=O) groups is 1. The van der Waals surface area contributed by atoms with Crippen LogP contribution < -0.4 is 24.3 Å². The molecular weight excluding hydrogens is 366 g/mol. The molecule has 1 aromatic heterocycles. The largest absolute Gasteiger partial charge is 0.497 e. The Kier molecular flexibility index (Phi) is 5.64. The number of para-hydroxylation sites is 1. The van der Waals surface area contributed by atoms with Gasteiger partial charge in [0.05, 0.1) is 39.6 Å². The molecule has 1 amide bonds. The molecule has 0 spiro atoms. The van der Waals surface area contributed by atoms with Gasteiger partial charge < -0.3 is 23.4 Å². The Bertz CT molecular complexity index is 986. The van der Waals surface area contributed by atoms with E-state index in [0.29, 0.717) is 28.6 Å². The molecule has 0 saturated carbocycles. The number of hydrogen-bond acceptors (Lipinski definition) is 8. The lowest BCUT2D eigenvalue weighted by Gasteiger charge is -2.11. The molecule has 9 heteroatoms. The molecule has 0 aliphatic rings. The van der Waals surface area contributed by atoms with Gasteiger partial charge in [-0.2, -0.15) is 0 Å². The minimum Gasteiger partial charge on any atom is -0.497 e. The average Bonchev–Trinajstić information content (AvgIpc) is 3.20. The number of methoxy groups -OCH3 is 4. The molecule has 1 N–H and O–H groups in total. The first-order valence-electron chi connectivity index (χ1n) is 8.19. The van der Waals surface area contributed by atoms with Crippen LogP contribution in [0.2, 0.25) is 0 Å². The first kappa shape index (κ1) is 19.0. The Morgan fingerprint density at radius 2 is 1.71 bits per heavy atom. The Morgan fingerprint density at radius 3 is 2.39 bits per heavy atom. The molecule has 9 nitrogen and oxygen atoms in total. The van der Waals surface area contributed by atoms with Crippen LogP contribution in [0.3, 0.4) is 0 Å². The van der Waals surface area contributed by atoms with Crippen molar-refractivity contribution in [3.8, 4) is 34.5 Å². The average molecular weight is 385 g/mol. The molecule has 146 valence electrons. The molecule has 0 fully saturated rings. The lowest BCUT2D eigenvalue weighted by molar-refractivity contribution is 0.102. The van der Waals surface area contributed by atoms with E-state index in [-0.39, 0.29) is 17.5 Å². The molecule has 0 aliphatic carbocycles. The van der Waals surface area contributed by atoms with Crippen LogP contribution in [0.1, 0.15) is 10.4 Å². The highest BCUT2D eigenvalue weighted by molar-refractivity contribution is 6.05. The van der Waals surface area contributed by atoms with E-state index in [9.17, 15) is 4.79 Å². The molecule has 3 rings (SSSR count). The zero-order valence-corrected chi connectivity index (χ0v) is 15.8. The van der Waals surface area contributed by atoms with Crippen LogP contribution in [-0.2, 0) is 0 Å². The van der Waals surface area contributed by atoms with Crippen LogP contribution in [0.5, 0.6) is 23.0 Å².